The largest absolute Gasteiger partial charge is 0.508 e. The van der Waals surface area contributed by atoms with Crippen LogP contribution in [0.1, 0.15) is 11.9 Å². The lowest BCUT2D eigenvalue weighted by atomic mass is 10.2. The summed E-state index contributed by atoms with van der Waals surface area (Å²) in [5.41, 5.74) is 0.691. The first-order chi connectivity index (χ1) is 7.16. The topological polar surface area (TPSA) is 76.0 Å². The third kappa shape index (κ3) is 2.08. The molecule has 1 aliphatic rings. The van der Waals surface area contributed by atoms with Crippen LogP contribution in [0.5, 0.6) is 5.75 Å². The van der Waals surface area contributed by atoms with Crippen LogP contribution in [-0.2, 0) is 14.3 Å². The smallest absolute Gasteiger partial charge is 0.335 e. The number of benzene rings is 1. The van der Waals surface area contributed by atoms with Crippen LogP contribution in [0.2, 0.25) is 0 Å². The second-order valence-electron chi connectivity index (χ2n) is 3.22. The van der Waals surface area contributed by atoms with Gasteiger partial charge in [-0.1, -0.05) is 12.1 Å². The maximum absolute atomic E-state index is 10.6. The highest BCUT2D eigenvalue weighted by molar-refractivity contribution is 5.72. The molecule has 0 bridgehead atoms. The summed E-state index contributed by atoms with van der Waals surface area (Å²) in [4.78, 5) is 10.6. The van der Waals surface area contributed by atoms with Crippen LogP contribution in [0.3, 0.4) is 0 Å². The van der Waals surface area contributed by atoms with Gasteiger partial charge in [-0.15, -0.1) is 0 Å². The van der Waals surface area contributed by atoms with E-state index in [1.807, 2.05) is 0 Å². The molecule has 2 atom stereocenters. The molecule has 0 amide bonds. The zero-order chi connectivity index (χ0) is 10.8. The van der Waals surface area contributed by atoms with Gasteiger partial charge in [-0.05, 0) is 12.1 Å². The van der Waals surface area contributed by atoms with Crippen molar-refractivity contribution in [3.8, 4) is 5.75 Å². The van der Waals surface area contributed by atoms with Crippen molar-refractivity contribution in [3.63, 3.8) is 0 Å². The second kappa shape index (κ2) is 3.88. The van der Waals surface area contributed by atoms with Crippen molar-refractivity contribution in [2.45, 2.75) is 12.4 Å². The predicted molar refractivity (Wildman–Crippen MR) is 49.3 cm³/mol. The van der Waals surface area contributed by atoms with Crippen molar-refractivity contribution in [1.29, 1.82) is 0 Å². The van der Waals surface area contributed by atoms with Crippen LogP contribution in [0, 0.1) is 0 Å². The zero-order valence-electron chi connectivity index (χ0n) is 7.79. The van der Waals surface area contributed by atoms with Crippen molar-refractivity contribution in [3.05, 3.63) is 29.8 Å². The Labute approximate surface area is 85.9 Å². The minimum atomic E-state index is -1.03. The molecule has 1 heterocycles. The quantitative estimate of drug-likeness (QED) is 0.758. The SMILES string of the molecule is O=C(O)C1COC(c2ccc(O)cc2)O1. The summed E-state index contributed by atoms with van der Waals surface area (Å²) >= 11 is 0. The third-order valence-electron chi connectivity index (χ3n) is 2.13. The molecule has 1 aromatic carbocycles. The van der Waals surface area contributed by atoms with E-state index < -0.39 is 18.4 Å². The van der Waals surface area contributed by atoms with Gasteiger partial charge in [-0.2, -0.15) is 0 Å². The molecule has 0 aliphatic carbocycles. The maximum atomic E-state index is 10.6. The average molecular weight is 210 g/mol. The Morgan fingerprint density at radius 3 is 2.53 bits per heavy atom. The molecule has 0 saturated carbocycles. The number of carbonyl (C=O) groups is 1. The standard InChI is InChI=1S/C10H10O5/c11-7-3-1-6(2-4-7)10-14-5-8(15-10)9(12)13/h1-4,8,10-11H,5H2,(H,12,13). The van der Waals surface area contributed by atoms with E-state index in [-0.39, 0.29) is 12.4 Å². The Morgan fingerprint density at radius 2 is 2.00 bits per heavy atom. The minimum absolute atomic E-state index is 0.0425. The Morgan fingerprint density at radius 1 is 1.33 bits per heavy atom. The molecule has 2 unspecified atom stereocenters. The summed E-state index contributed by atoms with van der Waals surface area (Å²) in [5, 5.41) is 17.7. The highest BCUT2D eigenvalue weighted by Gasteiger charge is 2.32. The first-order valence-corrected chi connectivity index (χ1v) is 4.45. The van der Waals surface area contributed by atoms with E-state index in [4.69, 9.17) is 19.7 Å². The molecule has 2 rings (SSSR count). The maximum Gasteiger partial charge on any atom is 0.335 e. The summed E-state index contributed by atoms with van der Waals surface area (Å²) < 4.78 is 10.3. The van der Waals surface area contributed by atoms with Gasteiger partial charge in [-0.25, -0.2) is 4.79 Å². The molecule has 5 heteroatoms. The number of phenolic OH excluding ortho intramolecular Hbond substituents is 1. The van der Waals surface area contributed by atoms with Crippen LogP contribution in [0.4, 0.5) is 0 Å². The fourth-order valence-corrected chi connectivity index (χ4v) is 1.34. The van der Waals surface area contributed by atoms with Gasteiger partial charge in [-0.3, -0.25) is 0 Å². The number of aromatic hydroxyl groups is 1. The second-order valence-corrected chi connectivity index (χ2v) is 3.22. The van der Waals surface area contributed by atoms with Gasteiger partial charge < -0.3 is 19.7 Å². The van der Waals surface area contributed by atoms with Crippen LogP contribution in [-0.4, -0.2) is 28.9 Å². The summed E-state index contributed by atoms with van der Waals surface area (Å²) in [6, 6.07) is 6.25. The van der Waals surface area contributed by atoms with Gasteiger partial charge in [0.1, 0.15) is 5.75 Å². The summed E-state index contributed by atoms with van der Waals surface area (Å²) in [6.07, 6.45) is -1.57. The van der Waals surface area contributed by atoms with Crippen LogP contribution in [0.15, 0.2) is 24.3 Å². The van der Waals surface area contributed by atoms with Crippen molar-refractivity contribution in [2.24, 2.45) is 0 Å². The molecule has 0 radical (unpaired) electrons. The van der Waals surface area contributed by atoms with Gasteiger partial charge in [0.05, 0.1) is 6.61 Å². The van der Waals surface area contributed by atoms with Gasteiger partial charge in [0.25, 0.3) is 0 Å². The molecule has 1 aromatic rings. The van der Waals surface area contributed by atoms with Crippen LogP contribution in [0.25, 0.3) is 0 Å². The normalized spacial score (nSPS) is 25.3. The van der Waals surface area contributed by atoms with E-state index in [1.165, 1.54) is 12.1 Å². The lowest BCUT2D eigenvalue weighted by Gasteiger charge is -2.09. The fourth-order valence-electron chi connectivity index (χ4n) is 1.34. The van der Waals surface area contributed by atoms with Crippen molar-refractivity contribution < 1.29 is 24.5 Å². The van der Waals surface area contributed by atoms with Crippen molar-refractivity contribution in [1.82, 2.24) is 0 Å². The number of hydrogen-bond acceptors (Lipinski definition) is 4. The van der Waals surface area contributed by atoms with Crippen molar-refractivity contribution >= 4 is 5.97 Å². The molecule has 0 aromatic heterocycles. The Kier molecular flexibility index (Phi) is 2.57. The summed E-state index contributed by atoms with van der Waals surface area (Å²) in [6.45, 7) is 0.0425. The minimum Gasteiger partial charge on any atom is -0.508 e. The number of rotatable bonds is 2. The van der Waals surface area contributed by atoms with E-state index in [2.05, 4.69) is 0 Å². The third-order valence-corrected chi connectivity index (χ3v) is 2.13. The molecule has 2 N–H and O–H groups in total. The van der Waals surface area contributed by atoms with E-state index in [9.17, 15) is 4.79 Å². The lowest BCUT2D eigenvalue weighted by Crippen LogP contribution is -2.21. The Bertz CT molecular complexity index is 359. The molecule has 5 nitrogen and oxygen atoms in total. The number of carboxylic acid groups (broad SMARTS) is 1. The molecule has 80 valence electrons. The van der Waals surface area contributed by atoms with Gasteiger partial charge in [0.2, 0.25) is 0 Å². The molecule has 1 fully saturated rings. The summed E-state index contributed by atoms with van der Waals surface area (Å²) in [5.74, 6) is -0.886. The van der Waals surface area contributed by atoms with Crippen LogP contribution >= 0.6 is 0 Å². The molecule has 0 spiro atoms. The van der Waals surface area contributed by atoms with Gasteiger partial charge >= 0.3 is 5.97 Å². The summed E-state index contributed by atoms with van der Waals surface area (Å²) in [7, 11) is 0. The zero-order valence-corrected chi connectivity index (χ0v) is 7.79. The monoisotopic (exact) mass is 210 g/mol. The molecular formula is C10H10O5. The number of hydrogen-bond donors (Lipinski definition) is 2. The van der Waals surface area contributed by atoms with E-state index in [0.717, 1.165) is 0 Å². The number of aliphatic carboxylic acids is 1. The Balaban J connectivity index is 2.07. The van der Waals surface area contributed by atoms with E-state index >= 15 is 0 Å². The van der Waals surface area contributed by atoms with E-state index in [1.54, 1.807) is 12.1 Å². The first-order valence-electron chi connectivity index (χ1n) is 4.45. The van der Waals surface area contributed by atoms with Crippen molar-refractivity contribution in [2.75, 3.05) is 6.61 Å². The first kappa shape index (κ1) is 9.95. The predicted octanol–water partition coefficient (Wildman–Crippen LogP) is 0.891. The molecule has 1 aliphatic heterocycles. The highest BCUT2D eigenvalue weighted by atomic mass is 16.7. The lowest BCUT2D eigenvalue weighted by molar-refractivity contribution is -0.150. The molecule has 15 heavy (non-hydrogen) atoms. The van der Waals surface area contributed by atoms with Gasteiger partial charge in [0, 0.05) is 5.56 Å². The number of ether oxygens (including phenoxy) is 2. The molecule has 1 saturated heterocycles. The highest BCUT2D eigenvalue weighted by Crippen LogP contribution is 2.27. The number of carboxylic acids is 1. The number of phenols is 1. The van der Waals surface area contributed by atoms with E-state index in [0.29, 0.717) is 5.56 Å². The van der Waals surface area contributed by atoms with Gasteiger partial charge in [0.15, 0.2) is 12.4 Å². The van der Waals surface area contributed by atoms with Crippen LogP contribution < -0.4 is 0 Å². The fraction of sp³-hybridized carbons (Fsp3) is 0.300. The molecular weight excluding hydrogens is 200 g/mol. The average Bonchev–Trinajstić information content (AvgIpc) is 2.68. The Hall–Kier alpha value is -1.59.